The molecule has 0 aliphatic rings. The van der Waals surface area contributed by atoms with Gasteiger partial charge in [-0.15, -0.1) is 0 Å². The van der Waals surface area contributed by atoms with Gasteiger partial charge in [0.1, 0.15) is 5.82 Å². The Morgan fingerprint density at radius 2 is 1.90 bits per heavy atom. The van der Waals surface area contributed by atoms with Crippen LogP contribution < -0.4 is 25.0 Å². The van der Waals surface area contributed by atoms with E-state index in [4.69, 9.17) is 14.5 Å². The maximum absolute atomic E-state index is 5.66. The van der Waals surface area contributed by atoms with Crippen LogP contribution in [0.25, 0.3) is 0 Å². The molecule has 0 aliphatic carbocycles. The molecule has 0 amide bonds. The molecule has 0 spiro atoms. The van der Waals surface area contributed by atoms with Crippen molar-refractivity contribution < 1.29 is 9.47 Å². The predicted molar refractivity (Wildman–Crippen MR) is 124 cm³/mol. The Morgan fingerprint density at radius 1 is 1.07 bits per heavy atom. The number of benzene rings is 1. The summed E-state index contributed by atoms with van der Waals surface area (Å²) < 4.78 is 11.0. The van der Waals surface area contributed by atoms with Crippen molar-refractivity contribution in [2.75, 3.05) is 45.8 Å². The molecule has 1 aromatic heterocycles. The highest BCUT2D eigenvalue weighted by atomic mass is 16.5. The van der Waals surface area contributed by atoms with E-state index < -0.39 is 0 Å². The molecule has 164 valence electrons. The van der Waals surface area contributed by atoms with Crippen molar-refractivity contribution >= 4 is 11.8 Å². The summed E-state index contributed by atoms with van der Waals surface area (Å²) in [7, 11) is 5.64. The molecule has 0 bridgehead atoms. The molecular weight excluding hydrogens is 378 g/mol. The summed E-state index contributed by atoms with van der Waals surface area (Å²) in [5.41, 5.74) is 2.36. The fourth-order valence-electron chi connectivity index (χ4n) is 2.96. The number of aromatic nitrogens is 1. The summed E-state index contributed by atoms with van der Waals surface area (Å²) in [5.74, 6) is 3.33. The second-order valence-corrected chi connectivity index (χ2v) is 7.06. The third-order valence-electron chi connectivity index (χ3n) is 4.49. The van der Waals surface area contributed by atoms with Crippen LogP contribution in [0.4, 0.5) is 5.82 Å². The molecule has 0 unspecified atom stereocenters. The van der Waals surface area contributed by atoms with Crippen molar-refractivity contribution in [1.82, 2.24) is 15.6 Å². The van der Waals surface area contributed by atoms with E-state index in [0.29, 0.717) is 13.2 Å². The van der Waals surface area contributed by atoms with Gasteiger partial charge in [0, 0.05) is 33.4 Å². The maximum atomic E-state index is 5.66. The van der Waals surface area contributed by atoms with E-state index in [1.807, 2.05) is 44.2 Å². The number of nitrogens with zero attached hydrogens (tertiary/aromatic N) is 3. The van der Waals surface area contributed by atoms with Crippen LogP contribution in [0.3, 0.4) is 0 Å². The molecule has 2 N–H and O–H groups in total. The number of methoxy groups -OCH3 is 1. The number of nitrogens with one attached hydrogen (secondary N) is 2. The zero-order valence-electron chi connectivity index (χ0n) is 18.9. The predicted octanol–water partition coefficient (Wildman–Crippen LogP) is 3.24. The van der Waals surface area contributed by atoms with Gasteiger partial charge in [-0.1, -0.05) is 6.07 Å². The molecule has 2 aromatic rings. The Kier molecular flexibility index (Phi) is 9.77. The summed E-state index contributed by atoms with van der Waals surface area (Å²) in [5, 5.41) is 6.72. The van der Waals surface area contributed by atoms with Crippen LogP contribution in [-0.2, 0) is 13.0 Å². The van der Waals surface area contributed by atoms with E-state index in [1.54, 1.807) is 7.11 Å². The zero-order chi connectivity index (χ0) is 21.8. The number of aryl methyl sites for hydroxylation is 1. The molecule has 30 heavy (non-hydrogen) atoms. The van der Waals surface area contributed by atoms with Gasteiger partial charge in [0.25, 0.3) is 0 Å². The van der Waals surface area contributed by atoms with Crippen molar-refractivity contribution in [3.05, 3.63) is 47.7 Å². The van der Waals surface area contributed by atoms with E-state index in [2.05, 4.69) is 40.7 Å². The topological polar surface area (TPSA) is 71.0 Å². The van der Waals surface area contributed by atoms with Gasteiger partial charge in [-0.2, -0.15) is 0 Å². The molecule has 1 aromatic carbocycles. The number of guanidine groups is 1. The van der Waals surface area contributed by atoms with Crippen molar-refractivity contribution in [2.24, 2.45) is 4.99 Å². The Hall–Kier alpha value is -2.96. The second-order valence-electron chi connectivity index (χ2n) is 7.06. The lowest BCUT2D eigenvalue weighted by Crippen LogP contribution is -2.37. The zero-order valence-corrected chi connectivity index (χ0v) is 18.9. The molecule has 2 rings (SSSR count). The number of pyridine rings is 1. The monoisotopic (exact) mass is 413 g/mol. The lowest BCUT2D eigenvalue weighted by atomic mass is 10.1. The molecule has 1 heterocycles. The number of anilines is 1. The van der Waals surface area contributed by atoms with Crippen molar-refractivity contribution in [1.29, 1.82) is 0 Å². The molecule has 0 radical (unpaired) electrons. The second kappa shape index (κ2) is 12.6. The molecular formula is C23H35N5O2. The summed E-state index contributed by atoms with van der Waals surface area (Å²) in [6.07, 6.45) is 3.77. The molecule has 0 atom stereocenters. The Bertz CT molecular complexity index is 808. The molecule has 0 aliphatic heterocycles. The molecule has 0 saturated heterocycles. The van der Waals surface area contributed by atoms with E-state index in [0.717, 1.165) is 54.8 Å². The van der Waals surface area contributed by atoms with Gasteiger partial charge in [0.15, 0.2) is 17.5 Å². The SMILES string of the molecule is CCNC(=NCc1ccnc(N(C)C)c1)NCCCc1ccc(OC)c(OCC)c1. The third-order valence-corrected chi connectivity index (χ3v) is 4.49. The quantitative estimate of drug-likeness (QED) is 0.335. The first-order chi connectivity index (χ1) is 14.6. The van der Waals surface area contributed by atoms with Gasteiger partial charge in [-0.25, -0.2) is 9.98 Å². The van der Waals surface area contributed by atoms with Crippen LogP contribution in [0, 0.1) is 0 Å². The van der Waals surface area contributed by atoms with Gasteiger partial charge in [0.2, 0.25) is 0 Å². The first-order valence-corrected chi connectivity index (χ1v) is 10.5. The molecule has 0 saturated carbocycles. The van der Waals surface area contributed by atoms with E-state index in [1.165, 1.54) is 5.56 Å². The lowest BCUT2D eigenvalue weighted by molar-refractivity contribution is 0.310. The first kappa shape index (κ1) is 23.3. The minimum atomic E-state index is 0.606. The van der Waals surface area contributed by atoms with Gasteiger partial charge in [0.05, 0.1) is 20.3 Å². The number of aliphatic imine (C=N–C) groups is 1. The van der Waals surface area contributed by atoms with Crippen LogP contribution in [0.15, 0.2) is 41.5 Å². The van der Waals surface area contributed by atoms with Gasteiger partial charge in [-0.3, -0.25) is 0 Å². The summed E-state index contributed by atoms with van der Waals surface area (Å²) in [6.45, 7) is 6.93. The standard InChI is InChI=1S/C23H35N5O2/c1-6-24-23(27-17-19-12-14-25-22(16-19)28(3)4)26-13-8-9-18-10-11-20(29-5)21(15-18)30-7-2/h10-12,14-16H,6-9,13,17H2,1-5H3,(H2,24,26,27). The normalized spacial score (nSPS) is 11.2. The van der Waals surface area contributed by atoms with E-state index in [9.17, 15) is 0 Å². The number of rotatable bonds is 11. The van der Waals surface area contributed by atoms with Crippen molar-refractivity contribution in [3.8, 4) is 11.5 Å². The van der Waals surface area contributed by atoms with Crippen LogP contribution >= 0.6 is 0 Å². The fraction of sp³-hybridized carbons (Fsp3) is 0.478. The minimum absolute atomic E-state index is 0.606. The highest BCUT2D eigenvalue weighted by Gasteiger charge is 2.06. The number of hydrogen-bond acceptors (Lipinski definition) is 5. The smallest absolute Gasteiger partial charge is 0.191 e. The first-order valence-electron chi connectivity index (χ1n) is 10.5. The average Bonchev–Trinajstić information content (AvgIpc) is 2.75. The Balaban J connectivity index is 1.88. The Morgan fingerprint density at radius 3 is 2.60 bits per heavy atom. The summed E-state index contributed by atoms with van der Waals surface area (Å²) in [6, 6.07) is 10.2. The highest BCUT2D eigenvalue weighted by Crippen LogP contribution is 2.28. The largest absolute Gasteiger partial charge is 0.493 e. The van der Waals surface area contributed by atoms with Crippen molar-refractivity contribution in [2.45, 2.75) is 33.2 Å². The third kappa shape index (κ3) is 7.46. The minimum Gasteiger partial charge on any atom is -0.493 e. The van der Waals surface area contributed by atoms with Crippen LogP contribution in [-0.4, -0.2) is 51.8 Å². The Labute approximate surface area is 180 Å². The average molecular weight is 414 g/mol. The number of hydrogen-bond donors (Lipinski definition) is 2. The highest BCUT2D eigenvalue weighted by molar-refractivity contribution is 5.79. The van der Waals surface area contributed by atoms with Crippen LogP contribution in [0.5, 0.6) is 11.5 Å². The van der Waals surface area contributed by atoms with E-state index in [-0.39, 0.29) is 0 Å². The van der Waals surface area contributed by atoms with Gasteiger partial charge >= 0.3 is 0 Å². The number of ether oxygens (including phenoxy) is 2. The maximum Gasteiger partial charge on any atom is 0.191 e. The summed E-state index contributed by atoms with van der Waals surface area (Å²) >= 11 is 0. The molecule has 0 fully saturated rings. The van der Waals surface area contributed by atoms with Gasteiger partial charge < -0.3 is 25.0 Å². The molecule has 7 nitrogen and oxygen atoms in total. The van der Waals surface area contributed by atoms with E-state index >= 15 is 0 Å². The summed E-state index contributed by atoms with van der Waals surface area (Å²) in [4.78, 5) is 11.0. The fourth-order valence-corrected chi connectivity index (χ4v) is 2.96. The van der Waals surface area contributed by atoms with Crippen LogP contribution in [0.2, 0.25) is 0 Å². The lowest BCUT2D eigenvalue weighted by Gasteiger charge is -2.13. The van der Waals surface area contributed by atoms with Crippen molar-refractivity contribution in [3.63, 3.8) is 0 Å². The van der Waals surface area contributed by atoms with Crippen LogP contribution in [0.1, 0.15) is 31.4 Å². The molecule has 7 heteroatoms. The van der Waals surface area contributed by atoms with Gasteiger partial charge in [-0.05, 0) is 62.1 Å².